The van der Waals surface area contributed by atoms with Crippen molar-refractivity contribution in [3.63, 3.8) is 0 Å². The van der Waals surface area contributed by atoms with Crippen molar-refractivity contribution in [1.82, 2.24) is 9.88 Å². The molecule has 27 heavy (non-hydrogen) atoms. The highest BCUT2D eigenvalue weighted by Crippen LogP contribution is 2.25. The summed E-state index contributed by atoms with van der Waals surface area (Å²) >= 11 is 0. The van der Waals surface area contributed by atoms with E-state index in [0.717, 1.165) is 30.4 Å². The lowest BCUT2D eigenvalue weighted by molar-refractivity contribution is 0.0767. The predicted octanol–water partition coefficient (Wildman–Crippen LogP) is 4.54. The first-order valence-electron chi connectivity index (χ1n) is 9.98. The number of pyridine rings is 1. The number of anilines is 3. The van der Waals surface area contributed by atoms with Gasteiger partial charge in [-0.25, -0.2) is 0 Å². The molecule has 0 radical (unpaired) electrons. The van der Waals surface area contributed by atoms with E-state index in [-0.39, 0.29) is 5.91 Å². The van der Waals surface area contributed by atoms with Gasteiger partial charge in [0, 0.05) is 49.4 Å². The number of nitrogens with zero attached hydrogens (tertiary/aromatic N) is 3. The molecule has 0 aliphatic carbocycles. The first-order chi connectivity index (χ1) is 13.1. The Hall–Kier alpha value is -2.56. The zero-order chi connectivity index (χ0) is 19.2. The number of nitrogens with one attached hydrogen (secondary N) is 1. The summed E-state index contributed by atoms with van der Waals surface area (Å²) in [6.07, 6.45) is 4.21. The summed E-state index contributed by atoms with van der Waals surface area (Å²) in [5, 5.41) is 3.38. The number of aromatic nitrogens is 1. The van der Waals surface area contributed by atoms with Crippen LogP contribution in [-0.4, -0.2) is 42.0 Å². The van der Waals surface area contributed by atoms with Crippen molar-refractivity contribution in [2.24, 2.45) is 5.92 Å². The van der Waals surface area contributed by atoms with Crippen LogP contribution in [0, 0.1) is 5.92 Å². The van der Waals surface area contributed by atoms with Gasteiger partial charge in [-0.2, -0.15) is 0 Å². The molecule has 1 aliphatic rings. The van der Waals surface area contributed by atoms with Crippen LogP contribution in [0.15, 0.2) is 42.6 Å². The zero-order valence-electron chi connectivity index (χ0n) is 16.6. The second-order valence-electron chi connectivity index (χ2n) is 7.25. The smallest absolute Gasteiger partial charge is 0.272 e. The van der Waals surface area contributed by atoms with Gasteiger partial charge < -0.3 is 15.1 Å². The number of rotatable bonds is 6. The van der Waals surface area contributed by atoms with Crippen molar-refractivity contribution < 1.29 is 4.79 Å². The number of hydrogen-bond donors (Lipinski definition) is 1. The van der Waals surface area contributed by atoms with Crippen molar-refractivity contribution in [2.75, 3.05) is 36.4 Å². The topological polar surface area (TPSA) is 48.5 Å². The van der Waals surface area contributed by atoms with Gasteiger partial charge in [-0.15, -0.1) is 0 Å². The van der Waals surface area contributed by atoms with Gasteiger partial charge >= 0.3 is 0 Å². The third-order valence-electron chi connectivity index (χ3n) is 5.33. The molecule has 5 nitrogen and oxygen atoms in total. The lowest BCUT2D eigenvalue weighted by Gasteiger charge is -2.32. The molecule has 0 unspecified atom stereocenters. The van der Waals surface area contributed by atoms with E-state index in [1.807, 2.05) is 26.0 Å². The molecule has 1 fully saturated rings. The van der Waals surface area contributed by atoms with E-state index in [2.05, 4.69) is 46.4 Å². The Morgan fingerprint density at radius 3 is 2.41 bits per heavy atom. The molecule has 0 saturated carbocycles. The summed E-state index contributed by atoms with van der Waals surface area (Å²) in [6, 6.07) is 12.2. The SMILES string of the molecule is CCN(CC)C(=O)c1cc(Nc2ccc(N3CCC(C)CC3)cc2)ccn1. The first-order valence-corrected chi connectivity index (χ1v) is 9.98. The molecule has 0 spiro atoms. The minimum absolute atomic E-state index is 0.0293. The van der Waals surface area contributed by atoms with Crippen LogP contribution in [0.4, 0.5) is 17.1 Å². The minimum Gasteiger partial charge on any atom is -0.372 e. The van der Waals surface area contributed by atoms with Gasteiger partial charge in [0.2, 0.25) is 0 Å². The molecular formula is C22H30N4O. The van der Waals surface area contributed by atoms with E-state index in [4.69, 9.17) is 0 Å². The lowest BCUT2D eigenvalue weighted by atomic mass is 9.99. The predicted molar refractivity (Wildman–Crippen MR) is 112 cm³/mol. The van der Waals surface area contributed by atoms with Crippen molar-refractivity contribution in [3.05, 3.63) is 48.3 Å². The van der Waals surface area contributed by atoms with Gasteiger partial charge in [0.15, 0.2) is 0 Å². The first kappa shape index (κ1) is 19.2. The molecule has 2 heterocycles. The maximum Gasteiger partial charge on any atom is 0.272 e. The Labute approximate surface area is 162 Å². The summed E-state index contributed by atoms with van der Waals surface area (Å²) in [7, 11) is 0. The van der Waals surface area contributed by atoms with Crippen LogP contribution in [0.2, 0.25) is 0 Å². The summed E-state index contributed by atoms with van der Waals surface area (Å²) in [4.78, 5) is 21.0. The molecular weight excluding hydrogens is 336 g/mol. The van der Waals surface area contributed by atoms with E-state index in [0.29, 0.717) is 18.8 Å². The van der Waals surface area contributed by atoms with Crippen molar-refractivity contribution in [1.29, 1.82) is 0 Å². The molecule has 1 aromatic heterocycles. The monoisotopic (exact) mass is 366 g/mol. The van der Waals surface area contributed by atoms with Gasteiger partial charge in [0.05, 0.1) is 0 Å². The number of amides is 1. The van der Waals surface area contributed by atoms with Crippen LogP contribution in [-0.2, 0) is 0 Å². The van der Waals surface area contributed by atoms with E-state index in [1.165, 1.54) is 18.5 Å². The van der Waals surface area contributed by atoms with Crippen LogP contribution in [0.1, 0.15) is 44.1 Å². The van der Waals surface area contributed by atoms with E-state index in [9.17, 15) is 4.79 Å². The van der Waals surface area contributed by atoms with Crippen molar-refractivity contribution in [3.8, 4) is 0 Å². The third kappa shape index (κ3) is 4.79. The fourth-order valence-corrected chi connectivity index (χ4v) is 3.49. The number of hydrogen-bond acceptors (Lipinski definition) is 4. The summed E-state index contributed by atoms with van der Waals surface area (Å²) in [6.45, 7) is 9.93. The van der Waals surface area contributed by atoms with E-state index < -0.39 is 0 Å². The largest absolute Gasteiger partial charge is 0.372 e. The van der Waals surface area contributed by atoms with E-state index in [1.54, 1.807) is 11.1 Å². The quantitative estimate of drug-likeness (QED) is 0.815. The number of carbonyl (C=O) groups is 1. The standard InChI is InChI=1S/C22H30N4O/c1-4-25(5-2)22(27)21-16-19(10-13-23-21)24-18-6-8-20(9-7-18)26-14-11-17(3)12-15-26/h6-10,13,16-17H,4-5,11-12,14-15H2,1-3H3,(H,23,24). The molecule has 0 atom stereocenters. The molecule has 1 aliphatic heterocycles. The molecule has 1 amide bonds. The normalized spacial score (nSPS) is 14.9. The number of carbonyl (C=O) groups excluding carboxylic acids is 1. The molecule has 1 saturated heterocycles. The average Bonchev–Trinajstić information content (AvgIpc) is 2.70. The van der Waals surface area contributed by atoms with Crippen LogP contribution in [0.5, 0.6) is 0 Å². The minimum atomic E-state index is -0.0293. The molecule has 2 aromatic rings. The van der Waals surface area contributed by atoms with Gasteiger partial charge in [0.1, 0.15) is 5.69 Å². The highest BCUT2D eigenvalue weighted by molar-refractivity contribution is 5.93. The highest BCUT2D eigenvalue weighted by Gasteiger charge is 2.16. The van der Waals surface area contributed by atoms with Gasteiger partial charge in [-0.3, -0.25) is 9.78 Å². The molecule has 5 heteroatoms. The fraction of sp³-hybridized carbons (Fsp3) is 0.455. The fourth-order valence-electron chi connectivity index (χ4n) is 3.49. The third-order valence-corrected chi connectivity index (χ3v) is 5.33. The molecule has 0 bridgehead atoms. The van der Waals surface area contributed by atoms with Crippen molar-refractivity contribution >= 4 is 23.0 Å². The Morgan fingerprint density at radius 1 is 1.11 bits per heavy atom. The Bertz CT molecular complexity index is 747. The average molecular weight is 367 g/mol. The van der Waals surface area contributed by atoms with Crippen LogP contribution < -0.4 is 10.2 Å². The maximum absolute atomic E-state index is 12.5. The Kier molecular flexibility index (Phi) is 6.32. The Balaban J connectivity index is 1.67. The Morgan fingerprint density at radius 2 is 1.78 bits per heavy atom. The van der Waals surface area contributed by atoms with Crippen LogP contribution >= 0.6 is 0 Å². The second-order valence-corrected chi connectivity index (χ2v) is 7.25. The highest BCUT2D eigenvalue weighted by atomic mass is 16.2. The zero-order valence-corrected chi connectivity index (χ0v) is 16.6. The van der Waals surface area contributed by atoms with Gasteiger partial charge in [-0.1, -0.05) is 6.92 Å². The van der Waals surface area contributed by atoms with Crippen LogP contribution in [0.25, 0.3) is 0 Å². The summed E-state index contributed by atoms with van der Waals surface area (Å²) in [5.74, 6) is 0.806. The maximum atomic E-state index is 12.5. The van der Waals surface area contributed by atoms with Crippen LogP contribution in [0.3, 0.4) is 0 Å². The van der Waals surface area contributed by atoms with Gasteiger partial charge in [0.25, 0.3) is 5.91 Å². The van der Waals surface area contributed by atoms with E-state index >= 15 is 0 Å². The molecule has 144 valence electrons. The van der Waals surface area contributed by atoms with Gasteiger partial charge in [-0.05, 0) is 69.0 Å². The molecule has 3 rings (SSSR count). The molecule has 1 N–H and O–H groups in total. The summed E-state index contributed by atoms with van der Waals surface area (Å²) < 4.78 is 0. The number of benzene rings is 1. The second kappa shape index (κ2) is 8.89. The number of piperidine rings is 1. The molecule has 1 aromatic carbocycles. The van der Waals surface area contributed by atoms with Crippen molar-refractivity contribution in [2.45, 2.75) is 33.6 Å². The lowest BCUT2D eigenvalue weighted by Crippen LogP contribution is -2.32. The summed E-state index contributed by atoms with van der Waals surface area (Å²) in [5.41, 5.74) is 3.64.